The van der Waals surface area contributed by atoms with Gasteiger partial charge in [0.15, 0.2) is 0 Å². The van der Waals surface area contributed by atoms with Gasteiger partial charge in [-0.3, -0.25) is 9.78 Å². The van der Waals surface area contributed by atoms with E-state index in [1.165, 1.54) is 6.20 Å². The summed E-state index contributed by atoms with van der Waals surface area (Å²) in [5, 5.41) is 2.61. The molecule has 3 amide bonds. The van der Waals surface area contributed by atoms with E-state index in [9.17, 15) is 9.59 Å². The van der Waals surface area contributed by atoms with Crippen LogP contribution >= 0.6 is 0 Å². The molecule has 3 N–H and O–H groups in total. The van der Waals surface area contributed by atoms with Crippen molar-refractivity contribution >= 4 is 11.9 Å². The minimum absolute atomic E-state index is 0.0480. The number of rotatable bonds is 2. The Morgan fingerprint density at radius 3 is 3.00 bits per heavy atom. The molecule has 0 bridgehead atoms. The van der Waals surface area contributed by atoms with E-state index in [0.717, 1.165) is 6.42 Å². The maximum Gasteiger partial charge on any atom is 0.312 e. The van der Waals surface area contributed by atoms with Gasteiger partial charge in [0, 0.05) is 31.5 Å². The van der Waals surface area contributed by atoms with Crippen LogP contribution in [0.25, 0.3) is 0 Å². The van der Waals surface area contributed by atoms with Crippen LogP contribution < -0.4 is 11.1 Å². The van der Waals surface area contributed by atoms with E-state index in [1.54, 1.807) is 23.2 Å². The fourth-order valence-corrected chi connectivity index (χ4v) is 1.94. The lowest BCUT2D eigenvalue weighted by molar-refractivity contribution is 0.0789. The van der Waals surface area contributed by atoms with Gasteiger partial charge in [-0.1, -0.05) is 0 Å². The molecule has 1 aromatic heterocycles. The van der Waals surface area contributed by atoms with Crippen LogP contribution in [0.4, 0.5) is 4.79 Å². The molecule has 1 aliphatic rings. The average molecular weight is 234 g/mol. The van der Waals surface area contributed by atoms with Crippen molar-refractivity contribution in [2.24, 2.45) is 5.73 Å². The Bertz CT molecular complexity index is 421. The Morgan fingerprint density at radius 1 is 1.53 bits per heavy atom. The van der Waals surface area contributed by atoms with E-state index < -0.39 is 6.03 Å². The van der Waals surface area contributed by atoms with Crippen molar-refractivity contribution in [3.8, 4) is 0 Å². The van der Waals surface area contributed by atoms with Gasteiger partial charge in [0.05, 0.1) is 5.56 Å². The third kappa shape index (κ3) is 2.72. The highest BCUT2D eigenvalue weighted by molar-refractivity contribution is 5.94. The number of nitrogens with two attached hydrogens (primary N) is 1. The van der Waals surface area contributed by atoms with E-state index >= 15 is 0 Å². The van der Waals surface area contributed by atoms with Crippen LogP contribution in [0, 0.1) is 0 Å². The molecule has 1 atom stereocenters. The Labute approximate surface area is 98.8 Å². The fraction of sp³-hybridized carbons (Fsp3) is 0.364. The number of amides is 3. The molecule has 1 fully saturated rings. The van der Waals surface area contributed by atoms with Crippen LogP contribution in [-0.4, -0.2) is 41.0 Å². The highest BCUT2D eigenvalue weighted by atomic mass is 16.2. The van der Waals surface area contributed by atoms with Gasteiger partial charge in [-0.2, -0.15) is 0 Å². The zero-order chi connectivity index (χ0) is 12.3. The van der Waals surface area contributed by atoms with Crippen molar-refractivity contribution in [1.82, 2.24) is 15.2 Å². The van der Waals surface area contributed by atoms with Crippen molar-refractivity contribution in [2.75, 3.05) is 13.1 Å². The third-order valence-corrected chi connectivity index (χ3v) is 2.73. The number of carbonyl (C=O) groups is 2. The lowest BCUT2D eigenvalue weighted by Crippen LogP contribution is -2.41. The Kier molecular flexibility index (Phi) is 3.22. The fourth-order valence-electron chi connectivity index (χ4n) is 1.94. The van der Waals surface area contributed by atoms with Crippen molar-refractivity contribution in [2.45, 2.75) is 12.5 Å². The van der Waals surface area contributed by atoms with Crippen molar-refractivity contribution in [1.29, 1.82) is 0 Å². The summed E-state index contributed by atoms with van der Waals surface area (Å²) in [4.78, 5) is 28.3. The number of likely N-dealkylation sites (tertiary alicyclic amines) is 1. The van der Waals surface area contributed by atoms with Crippen LogP contribution in [-0.2, 0) is 0 Å². The van der Waals surface area contributed by atoms with E-state index in [-0.39, 0.29) is 11.9 Å². The monoisotopic (exact) mass is 234 g/mol. The van der Waals surface area contributed by atoms with Gasteiger partial charge in [-0.25, -0.2) is 4.79 Å². The smallest absolute Gasteiger partial charge is 0.312 e. The van der Waals surface area contributed by atoms with Crippen molar-refractivity contribution < 1.29 is 9.59 Å². The molecule has 17 heavy (non-hydrogen) atoms. The van der Waals surface area contributed by atoms with Gasteiger partial charge in [0.1, 0.15) is 0 Å². The largest absolute Gasteiger partial charge is 0.352 e. The minimum atomic E-state index is -0.550. The first-order valence-corrected chi connectivity index (χ1v) is 5.42. The molecule has 6 nitrogen and oxygen atoms in total. The van der Waals surface area contributed by atoms with Gasteiger partial charge in [0.25, 0.3) is 5.91 Å². The Hall–Kier alpha value is -2.11. The van der Waals surface area contributed by atoms with Gasteiger partial charge in [-0.05, 0) is 18.6 Å². The van der Waals surface area contributed by atoms with Gasteiger partial charge < -0.3 is 16.0 Å². The van der Waals surface area contributed by atoms with Crippen LogP contribution in [0.3, 0.4) is 0 Å². The molecule has 1 unspecified atom stereocenters. The number of urea groups is 1. The number of hydrogen-bond donors (Lipinski definition) is 2. The van der Waals surface area contributed by atoms with Crippen LogP contribution in [0.5, 0.6) is 0 Å². The number of nitrogens with one attached hydrogen (secondary N) is 1. The van der Waals surface area contributed by atoms with E-state index in [1.807, 2.05) is 0 Å². The summed E-state index contributed by atoms with van der Waals surface area (Å²) in [5.41, 5.74) is 5.60. The molecular formula is C11H14N4O2. The standard InChI is InChI=1S/C11H14N4O2/c12-11(17)14-9-3-5-15(7-9)10(16)8-2-1-4-13-6-8/h1-2,4,6,9H,3,5,7H2,(H3,12,14,17). The molecule has 1 aromatic rings. The second-order valence-electron chi connectivity index (χ2n) is 3.99. The van der Waals surface area contributed by atoms with Gasteiger partial charge in [-0.15, -0.1) is 0 Å². The quantitative estimate of drug-likeness (QED) is 0.752. The molecule has 6 heteroatoms. The molecule has 90 valence electrons. The number of carbonyl (C=O) groups excluding carboxylic acids is 2. The average Bonchev–Trinajstić information content (AvgIpc) is 2.77. The summed E-state index contributed by atoms with van der Waals surface area (Å²) in [6.07, 6.45) is 3.89. The Balaban J connectivity index is 1.97. The zero-order valence-corrected chi connectivity index (χ0v) is 9.30. The van der Waals surface area contributed by atoms with Crippen molar-refractivity contribution in [3.63, 3.8) is 0 Å². The first-order chi connectivity index (χ1) is 8.16. The maximum atomic E-state index is 12.0. The number of hydrogen-bond acceptors (Lipinski definition) is 3. The predicted octanol–water partition coefficient (Wildman–Crippen LogP) is -0.0356. The van der Waals surface area contributed by atoms with Crippen LogP contribution in [0.15, 0.2) is 24.5 Å². The third-order valence-electron chi connectivity index (χ3n) is 2.73. The lowest BCUT2D eigenvalue weighted by Gasteiger charge is -2.16. The summed E-state index contributed by atoms with van der Waals surface area (Å²) < 4.78 is 0. The van der Waals surface area contributed by atoms with Gasteiger partial charge >= 0.3 is 6.03 Å². The molecular weight excluding hydrogens is 220 g/mol. The normalized spacial score (nSPS) is 19.1. The minimum Gasteiger partial charge on any atom is -0.352 e. The second-order valence-corrected chi connectivity index (χ2v) is 3.99. The van der Waals surface area contributed by atoms with Gasteiger partial charge in [0.2, 0.25) is 0 Å². The van der Waals surface area contributed by atoms with Crippen LogP contribution in [0.1, 0.15) is 16.8 Å². The molecule has 1 saturated heterocycles. The van der Waals surface area contributed by atoms with E-state index in [0.29, 0.717) is 18.7 Å². The van der Waals surface area contributed by atoms with E-state index in [4.69, 9.17) is 5.73 Å². The topological polar surface area (TPSA) is 88.3 Å². The highest BCUT2D eigenvalue weighted by Crippen LogP contribution is 2.12. The SMILES string of the molecule is NC(=O)NC1CCN(C(=O)c2cccnc2)C1. The molecule has 0 aliphatic carbocycles. The number of nitrogens with zero attached hydrogens (tertiary/aromatic N) is 2. The number of aromatic nitrogens is 1. The number of pyridine rings is 1. The van der Waals surface area contributed by atoms with Crippen molar-refractivity contribution in [3.05, 3.63) is 30.1 Å². The molecule has 1 aliphatic heterocycles. The molecule has 2 heterocycles. The Morgan fingerprint density at radius 2 is 2.35 bits per heavy atom. The highest BCUT2D eigenvalue weighted by Gasteiger charge is 2.27. The summed E-state index contributed by atoms with van der Waals surface area (Å²) >= 11 is 0. The summed E-state index contributed by atoms with van der Waals surface area (Å²) in [6, 6.07) is 2.85. The summed E-state index contributed by atoms with van der Waals surface area (Å²) in [7, 11) is 0. The maximum absolute atomic E-state index is 12.0. The lowest BCUT2D eigenvalue weighted by atomic mass is 10.2. The molecule has 0 spiro atoms. The molecule has 0 aromatic carbocycles. The molecule has 0 saturated carbocycles. The van der Waals surface area contributed by atoms with E-state index in [2.05, 4.69) is 10.3 Å². The molecule has 0 radical (unpaired) electrons. The summed E-state index contributed by atoms with van der Waals surface area (Å²) in [5.74, 6) is -0.0631. The summed E-state index contributed by atoms with van der Waals surface area (Å²) in [6.45, 7) is 1.12. The first-order valence-electron chi connectivity index (χ1n) is 5.42. The second kappa shape index (κ2) is 4.82. The zero-order valence-electron chi connectivity index (χ0n) is 9.30. The first kappa shape index (κ1) is 11.4. The van der Waals surface area contributed by atoms with Crippen LogP contribution in [0.2, 0.25) is 0 Å². The number of primary amides is 1. The molecule has 2 rings (SSSR count). The predicted molar refractivity (Wildman–Crippen MR) is 61.3 cm³/mol.